The highest BCUT2D eigenvalue weighted by Gasteiger charge is 2.09. The topological polar surface area (TPSA) is 92.5 Å². The van der Waals surface area contributed by atoms with Gasteiger partial charge in [-0.25, -0.2) is 4.79 Å². The third-order valence-electron chi connectivity index (χ3n) is 2.82. The van der Waals surface area contributed by atoms with E-state index in [0.717, 1.165) is 14.8 Å². The molecule has 21 heavy (non-hydrogen) atoms. The van der Waals surface area contributed by atoms with Crippen LogP contribution < -0.4 is 5.32 Å². The largest absolute Gasteiger partial charge is 0.478 e. The van der Waals surface area contributed by atoms with E-state index >= 15 is 0 Å². The van der Waals surface area contributed by atoms with Crippen molar-refractivity contribution in [3.8, 4) is 0 Å². The van der Waals surface area contributed by atoms with E-state index in [1.54, 1.807) is 18.2 Å². The fourth-order valence-electron chi connectivity index (χ4n) is 1.77. The average molecular weight is 398 g/mol. The first-order valence-corrected chi connectivity index (χ1v) is 7.05. The number of carboxylic acid groups (broad SMARTS) is 1. The van der Waals surface area contributed by atoms with E-state index in [1.807, 2.05) is 28.7 Å². The quantitative estimate of drug-likeness (QED) is 0.457. The molecule has 2 aromatic carbocycles. The molecule has 0 amide bonds. The van der Waals surface area contributed by atoms with Crippen LogP contribution >= 0.6 is 22.6 Å². The summed E-state index contributed by atoms with van der Waals surface area (Å²) >= 11 is 2.02. The molecule has 7 heteroatoms. The average Bonchev–Trinajstić information content (AvgIpc) is 2.46. The first-order chi connectivity index (χ1) is 9.97. The summed E-state index contributed by atoms with van der Waals surface area (Å²) in [6.07, 6.45) is 0. The van der Waals surface area contributed by atoms with Gasteiger partial charge in [0.2, 0.25) is 0 Å². The number of non-ortho nitro benzene ring substituents is 1. The summed E-state index contributed by atoms with van der Waals surface area (Å²) in [7, 11) is 0. The van der Waals surface area contributed by atoms with Crippen LogP contribution in [0.1, 0.15) is 15.9 Å². The summed E-state index contributed by atoms with van der Waals surface area (Å²) in [5, 5.41) is 22.7. The number of nitro groups is 1. The summed E-state index contributed by atoms with van der Waals surface area (Å²) in [4.78, 5) is 21.1. The molecule has 0 aliphatic carbocycles. The molecule has 0 heterocycles. The predicted octanol–water partition coefficient (Wildman–Crippen LogP) is 3.51. The number of nitrogens with zero attached hydrogens (tertiary/aromatic N) is 1. The minimum Gasteiger partial charge on any atom is -0.478 e. The highest BCUT2D eigenvalue weighted by Crippen LogP contribution is 2.24. The monoisotopic (exact) mass is 398 g/mol. The molecule has 6 nitrogen and oxygen atoms in total. The standard InChI is InChI=1S/C14H11IN2O4/c15-12-7-11(17(20)21)4-5-13(12)16-8-9-2-1-3-10(6-9)14(18)19/h1-7,16H,8H2,(H,18,19). The lowest BCUT2D eigenvalue weighted by Crippen LogP contribution is -2.03. The molecule has 2 aromatic rings. The molecule has 0 aliphatic rings. The zero-order chi connectivity index (χ0) is 15.4. The van der Waals surface area contributed by atoms with Crippen LogP contribution in [0.5, 0.6) is 0 Å². The zero-order valence-corrected chi connectivity index (χ0v) is 12.9. The van der Waals surface area contributed by atoms with Crippen LogP contribution in [0.2, 0.25) is 0 Å². The van der Waals surface area contributed by atoms with Crippen molar-refractivity contribution in [1.82, 2.24) is 0 Å². The van der Waals surface area contributed by atoms with Crippen molar-refractivity contribution in [2.24, 2.45) is 0 Å². The lowest BCUT2D eigenvalue weighted by molar-refractivity contribution is -0.384. The van der Waals surface area contributed by atoms with Crippen molar-refractivity contribution in [3.63, 3.8) is 0 Å². The van der Waals surface area contributed by atoms with Crippen LogP contribution in [0.25, 0.3) is 0 Å². The van der Waals surface area contributed by atoms with Gasteiger partial charge in [-0.1, -0.05) is 12.1 Å². The third-order valence-corrected chi connectivity index (χ3v) is 3.71. The molecule has 0 aliphatic heterocycles. The van der Waals surface area contributed by atoms with Gasteiger partial charge in [0, 0.05) is 27.9 Å². The van der Waals surface area contributed by atoms with Crippen molar-refractivity contribution in [3.05, 3.63) is 67.3 Å². The molecule has 0 saturated heterocycles. The molecule has 0 unspecified atom stereocenters. The van der Waals surface area contributed by atoms with E-state index in [4.69, 9.17) is 5.11 Å². The van der Waals surface area contributed by atoms with Gasteiger partial charge in [0.05, 0.1) is 10.5 Å². The van der Waals surface area contributed by atoms with Crippen LogP contribution in [0.3, 0.4) is 0 Å². The first-order valence-electron chi connectivity index (χ1n) is 5.97. The Morgan fingerprint density at radius 3 is 2.67 bits per heavy atom. The number of rotatable bonds is 5. The summed E-state index contributed by atoms with van der Waals surface area (Å²) in [6, 6.07) is 11.2. The molecule has 2 N–H and O–H groups in total. The lowest BCUT2D eigenvalue weighted by atomic mass is 10.1. The highest BCUT2D eigenvalue weighted by atomic mass is 127. The minimum absolute atomic E-state index is 0.0397. The second-order valence-electron chi connectivity index (χ2n) is 4.28. The maximum absolute atomic E-state index is 10.9. The molecule has 0 bridgehead atoms. The van der Waals surface area contributed by atoms with Gasteiger partial charge in [0.15, 0.2) is 0 Å². The first kappa shape index (κ1) is 15.2. The van der Waals surface area contributed by atoms with Crippen molar-refractivity contribution in [2.75, 3.05) is 5.32 Å². The minimum atomic E-state index is -0.971. The van der Waals surface area contributed by atoms with E-state index in [-0.39, 0.29) is 11.3 Å². The van der Waals surface area contributed by atoms with Gasteiger partial charge in [0.1, 0.15) is 0 Å². The van der Waals surface area contributed by atoms with Crippen LogP contribution in [0.15, 0.2) is 42.5 Å². The summed E-state index contributed by atoms with van der Waals surface area (Å²) in [5.41, 5.74) is 1.86. The number of anilines is 1. The summed E-state index contributed by atoms with van der Waals surface area (Å²) < 4.78 is 0.733. The molecule has 0 atom stereocenters. The Labute approximate surface area is 134 Å². The van der Waals surface area contributed by atoms with Crippen molar-refractivity contribution < 1.29 is 14.8 Å². The number of carboxylic acids is 1. The number of hydrogen-bond acceptors (Lipinski definition) is 4. The molecule has 0 fully saturated rings. The molecule has 108 valence electrons. The Bertz CT molecular complexity index is 703. The molecule has 0 spiro atoms. The summed E-state index contributed by atoms with van der Waals surface area (Å²) in [5.74, 6) is -0.971. The number of hydrogen-bond donors (Lipinski definition) is 2. The second kappa shape index (κ2) is 6.53. The molecular formula is C14H11IN2O4. The fourth-order valence-corrected chi connectivity index (χ4v) is 2.46. The predicted molar refractivity (Wildman–Crippen MR) is 86.5 cm³/mol. The molecule has 0 radical (unpaired) electrons. The number of benzene rings is 2. The van der Waals surface area contributed by atoms with E-state index in [0.29, 0.717) is 6.54 Å². The van der Waals surface area contributed by atoms with Gasteiger partial charge in [-0.3, -0.25) is 10.1 Å². The molecule has 0 saturated carbocycles. The lowest BCUT2D eigenvalue weighted by Gasteiger charge is -2.09. The van der Waals surface area contributed by atoms with Crippen molar-refractivity contribution in [2.45, 2.75) is 6.54 Å². The van der Waals surface area contributed by atoms with E-state index in [9.17, 15) is 14.9 Å². The Morgan fingerprint density at radius 1 is 1.29 bits per heavy atom. The van der Waals surface area contributed by atoms with Crippen molar-refractivity contribution >= 4 is 39.9 Å². The number of aromatic carboxylic acids is 1. The fraction of sp³-hybridized carbons (Fsp3) is 0.0714. The van der Waals surface area contributed by atoms with Gasteiger partial charge in [-0.15, -0.1) is 0 Å². The van der Waals surface area contributed by atoms with Gasteiger partial charge < -0.3 is 10.4 Å². The zero-order valence-electron chi connectivity index (χ0n) is 10.7. The number of nitrogens with one attached hydrogen (secondary N) is 1. The maximum atomic E-state index is 10.9. The SMILES string of the molecule is O=C(O)c1cccc(CNc2ccc([N+](=O)[O-])cc2I)c1. The number of nitro benzene ring substituents is 1. The molecule has 2 rings (SSSR count). The van der Waals surface area contributed by atoms with Gasteiger partial charge >= 0.3 is 5.97 Å². The Morgan fingerprint density at radius 2 is 2.05 bits per heavy atom. The third kappa shape index (κ3) is 3.91. The van der Waals surface area contributed by atoms with Crippen LogP contribution in [-0.2, 0) is 6.54 Å². The van der Waals surface area contributed by atoms with Crippen LogP contribution in [0, 0.1) is 13.7 Å². The van der Waals surface area contributed by atoms with E-state index < -0.39 is 10.9 Å². The van der Waals surface area contributed by atoms with Crippen LogP contribution in [-0.4, -0.2) is 16.0 Å². The summed E-state index contributed by atoms with van der Waals surface area (Å²) in [6.45, 7) is 0.439. The number of halogens is 1. The Balaban J connectivity index is 2.11. The van der Waals surface area contributed by atoms with Gasteiger partial charge in [-0.2, -0.15) is 0 Å². The van der Waals surface area contributed by atoms with Crippen LogP contribution in [0.4, 0.5) is 11.4 Å². The molecular weight excluding hydrogens is 387 g/mol. The molecule has 0 aromatic heterocycles. The van der Waals surface area contributed by atoms with Gasteiger partial charge in [0.25, 0.3) is 5.69 Å². The van der Waals surface area contributed by atoms with Gasteiger partial charge in [-0.05, 0) is 46.4 Å². The van der Waals surface area contributed by atoms with E-state index in [2.05, 4.69) is 5.32 Å². The number of carbonyl (C=O) groups is 1. The highest BCUT2D eigenvalue weighted by molar-refractivity contribution is 14.1. The Kier molecular flexibility index (Phi) is 4.73. The normalized spacial score (nSPS) is 10.1. The smallest absolute Gasteiger partial charge is 0.335 e. The van der Waals surface area contributed by atoms with E-state index in [1.165, 1.54) is 18.2 Å². The van der Waals surface area contributed by atoms with Crippen molar-refractivity contribution in [1.29, 1.82) is 0 Å². The maximum Gasteiger partial charge on any atom is 0.335 e. The second-order valence-corrected chi connectivity index (χ2v) is 5.44. The Hall–Kier alpha value is -2.16.